The minimum Gasteiger partial charge on any atom is -0.496 e. The quantitative estimate of drug-likeness (QED) is 0.328. The van der Waals surface area contributed by atoms with Gasteiger partial charge in [0.2, 0.25) is 0 Å². The molecule has 0 aliphatic carbocycles. The van der Waals surface area contributed by atoms with Crippen molar-refractivity contribution in [3.8, 4) is 0 Å². The van der Waals surface area contributed by atoms with E-state index < -0.39 is 0 Å². The van der Waals surface area contributed by atoms with Gasteiger partial charge in [-0.1, -0.05) is 62.4 Å². The number of allylic oxidation sites excluding steroid dienone is 4. The predicted molar refractivity (Wildman–Crippen MR) is 85.8 cm³/mol. The standard InChI is InChI=1S/C16H18O2.C2H6/c1-4-9-13(5-2)16(18-3)12-15(17)14-10-7-6-8-11-14;1-2/h4-12H,1-3H3;1-2H3/b9-4-,13-5+,16-12-;. The van der Waals surface area contributed by atoms with E-state index in [9.17, 15) is 4.79 Å². The number of rotatable bonds is 5. The van der Waals surface area contributed by atoms with Crippen LogP contribution in [-0.4, -0.2) is 12.9 Å². The molecular formula is C18H24O2. The molecule has 0 N–H and O–H groups in total. The van der Waals surface area contributed by atoms with Crippen molar-refractivity contribution < 1.29 is 9.53 Å². The fraction of sp³-hybridized carbons (Fsp3) is 0.278. The Balaban J connectivity index is 0.00000172. The Morgan fingerprint density at radius 3 is 2.15 bits per heavy atom. The molecule has 0 atom stereocenters. The fourth-order valence-electron chi connectivity index (χ4n) is 1.57. The predicted octanol–water partition coefficient (Wildman–Crippen LogP) is 4.95. The maximum Gasteiger partial charge on any atom is 0.189 e. The minimum atomic E-state index is -0.0590. The smallest absolute Gasteiger partial charge is 0.189 e. The van der Waals surface area contributed by atoms with E-state index in [4.69, 9.17) is 4.74 Å². The first-order valence-corrected chi connectivity index (χ1v) is 6.87. The molecule has 0 aliphatic heterocycles. The third-order valence-corrected chi connectivity index (χ3v) is 2.48. The molecule has 0 bridgehead atoms. The first-order valence-electron chi connectivity index (χ1n) is 6.87. The van der Waals surface area contributed by atoms with Gasteiger partial charge in [0.15, 0.2) is 5.78 Å². The van der Waals surface area contributed by atoms with Crippen LogP contribution in [0.25, 0.3) is 0 Å². The van der Waals surface area contributed by atoms with Gasteiger partial charge in [0.1, 0.15) is 5.76 Å². The highest BCUT2D eigenvalue weighted by molar-refractivity contribution is 6.05. The summed E-state index contributed by atoms with van der Waals surface area (Å²) < 4.78 is 5.27. The third kappa shape index (κ3) is 5.70. The largest absolute Gasteiger partial charge is 0.496 e. The van der Waals surface area contributed by atoms with Gasteiger partial charge >= 0.3 is 0 Å². The van der Waals surface area contributed by atoms with E-state index in [0.717, 1.165) is 5.57 Å². The Hall–Kier alpha value is -2.09. The molecule has 2 nitrogen and oxygen atoms in total. The average Bonchev–Trinajstić information content (AvgIpc) is 2.53. The van der Waals surface area contributed by atoms with E-state index in [0.29, 0.717) is 11.3 Å². The van der Waals surface area contributed by atoms with Gasteiger partial charge in [-0.15, -0.1) is 0 Å². The molecule has 0 saturated heterocycles. The van der Waals surface area contributed by atoms with Crippen LogP contribution in [0.4, 0.5) is 0 Å². The maximum absolute atomic E-state index is 12.0. The number of ether oxygens (including phenoxy) is 1. The van der Waals surface area contributed by atoms with Crippen molar-refractivity contribution >= 4 is 5.78 Å². The Kier molecular flexibility index (Phi) is 9.67. The van der Waals surface area contributed by atoms with E-state index in [1.807, 2.05) is 64.1 Å². The number of carbonyl (C=O) groups is 1. The van der Waals surface area contributed by atoms with Crippen molar-refractivity contribution in [3.05, 3.63) is 71.5 Å². The number of carbonyl (C=O) groups excluding carboxylic acids is 1. The Morgan fingerprint density at radius 2 is 1.70 bits per heavy atom. The van der Waals surface area contributed by atoms with E-state index in [1.165, 1.54) is 6.08 Å². The lowest BCUT2D eigenvalue weighted by molar-refractivity contribution is 0.104. The van der Waals surface area contributed by atoms with E-state index in [1.54, 1.807) is 19.2 Å². The zero-order valence-electron chi connectivity index (χ0n) is 13.0. The van der Waals surface area contributed by atoms with Crippen molar-refractivity contribution in [3.63, 3.8) is 0 Å². The SMILES string of the molecule is CC.C\C=C/C(=C\C)C(=C/C(=O)c1ccccc1)/OC. The van der Waals surface area contributed by atoms with Crippen LogP contribution in [0, 0.1) is 0 Å². The summed E-state index contributed by atoms with van der Waals surface area (Å²) in [6, 6.07) is 9.15. The lowest BCUT2D eigenvalue weighted by Gasteiger charge is -2.06. The fourth-order valence-corrected chi connectivity index (χ4v) is 1.57. The topological polar surface area (TPSA) is 26.3 Å². The molecule has 0 aliphatic rings. The van der Waals surface area contributed by atoms with Gasteiger partial charge in [-0.05, 0) is 13.8 Å². The van der Waals surface area contributed by atoms with Gasteiger partial charge in [-0.2, -0.15) is 0 Å². The Labute approximate surface area is 122 Å². The summed E-state index contributed by atoms with van der Waals surface area (Å²) in [6.07, 6.45) is 7.25. The molecular weight excluding hydrogens is 248 g/mol. The molecule has 0 saturated carbocycles. The maximum atomic E-state index is 12.0. The van der Waals surface area contributed by atoms with Crippen LogP contribution in [0.1, 0.15) is 38.1 Å². The summed E-state index contributed by atoms with van der Waals surface area (Å²) in [5, 5.41) is 0. The summed E-state index contributed by atoms with van der Waals surface area (Å²) in [4.78, 5) is 12.0. The molecule has 1 aromatic rings. The van der Waals surface area contributed by atoms with Crippen LogP contribution in [0.3, 0.4) is 0 Å². The highest BCUT2D eigenvalue weighted by Crippen LogP contribution is 2.14. The Bertz CT molecular complexity index is 479. The zero-order chi connectivity index (χ0) is 15.4. The Morgan fingerprint density at radius 1 is 1.10 bits per heavy atom. The molecule has 1 aromatic carbocycles. The van der Waals surface area contributed by atoms with Gasteiger partial charge in [0.25, 0.3) is 0 Å². The van der Waals surface area contributed by atoms with Crippen LogP contribution in [0.5, 0.6) is 0 Å². The number of benzene rings is 1. The normalized spacial score (nSPS) is 11.8. The van der Waals surface area contributed by atoms with Crippen LogP contribution in [0.2, 0.25) is 0 Å². The van der Waals surface area contributed by atoms with Crippen molar-refractivity contribution in [1.29, 1.82) is 0 Å². The first-order chi connectivity index (χ1) is 9.72. The number of methoxy groups -OCH3 is 1. The van der Waals surface area contributed by atoms with E-state index in [-0.39, 0.29) is 5.78 Å². The molecule has 0 radical (unpaired) electrons. The molecule has 108 valence electrons. The van der Waals surface area contributed by atoms with E-state index >= 15 is 0 Å². The lowest BCUT2D eigenvalue weighted by Crippen LogP contribution is -1.99. The monoisotopic (exact) mass is 272 g/mol. The van der Waals surface area contributed by atoms with Crippen LogP contribution in [-0.2, 0) is 4.74 Å². The molecule has 0 spiro atoms. The summed E-state index contributed by atoms with van der Waals surface area (Å²) in [5.74, 6) is 0.515. The van der Waals surface area contributed by atoms with Crippen molar-refractivity contribution in [2.75, 3.05) is 7.11 Å². The molecule has 1 rings (SSSR count). The van der Waals surface area contributed by atoms with Crippen LogP contribution < -0.4 is 0 Å². The van der Waals surface area contributed by atoms with Gasteiger partial charge in [-0.3, -0.25) is 4.79 Å². The second-order valence-corrected chi connectivity index (χ2v) is 3.69. The van der Waals surface area contributed by atoms with Gasteiger partial charge < -0.3 is 4.74 Å². The molecule has 0 heterocycles. The van der Waals surface area contributed by atoms with Gasteiger partial charge in [0.05, 0.1) is 7.11 Å². The van der Waals surface area contributed by atoms with Crippen LogP contribution in [0.15, 0.2) is 66.0 Å². The summed E-state index contributed by atoms with van der Waals surface area (Å²) >= 11 is 0. The average molecular weight is 272 g/mol. The first kappa shape index (κ1) is 17.9. The van der Waals surface area contributed by atoms with E-state index in [2.05, 4.69) is 0 Å². The molecule has 0 fully saturated rings. The van der Waals surface area contributed by atoms with Crippen molar-refractivity contribution in [2.45, 2.75) is 27.7 Å². The lowest BCUT2D eigenvalue weighted by atomic mass is 10.1. The van der Waals surface area contributed by atoms with Gasteiger partial charge in [-0.25, -0.2) is 0 Å². The van der Waals surface area contributed by atoms with Crippen molar-refractivity contribution in [1.82, 2.24) is 0 Å². The minimum absolute atomic E-state index is 0.0590. The molecule has 2 heteroatoms. The molecule has 0 aromatic heterocycles. The summed E-state index contributed by atoms with van der Waals surface area (Å²) in [7, 11) is 1.57. The van der Waals surface area contributed by atoms with Crippen LogP contribution >= 0.6 is 0 Å². The number of ketones is 1. The summed E-state index contributed by atoms with van der Waals surface area (Å²) in [6.45, 7) is 7.84. The number of hydrogen-bond acceptors (Lipinski definition) is 2. The van der Waals surface area contributed by atoms with Crippen molar-refractivity contribution in [2.24, 2.45) is 0 Å². The molecule has 20 heavy (non-hydrogen) atoms. The third-order valence-electron chi connectivity index (χ3n) is 2.48. The highest BCUT2D eigenvalue weighted by atomic mass is 16.5. The zero-order valence-corrected chi connectivity index (χ0v) is 13.0. The molecule has 0 unspecified atom stereocenters. The number of hydrogen-bond donors (Lipinski definition) is 0. The molecule has 0 amide bonds. The second-order valence-electron chi connectivity index (χ2n) is 3.69. The van der Waals surface area contributed by atoms with Gasteiger partial charge in [0, 0.05) is 17.2 Å². The second kappa shape index (κ2) is 10.8. The summed E-state index contributed by atoms with van der Waals surface area (Å²) in [5.41, 5.74) is 1.55. The highest BCUT2D eigenvalue weighted by Gasteiger charge is 2.07.